The van der Waals surface area contributed by atoms with E-state index in [1.807, 2.05) is 54.6 Å². The van der Waals surface area contributed by atoms with Crippen LogP contribution in [0.4, 0.5) is 5.69 Å². The first-order chi connectivity index (χ1) is 15.9. The van der Waals surface area contributed by atoms with Crippen molar-refractivity contribution in [3.8, 4) is 5.75 Å². The number of ether oxygens (including phenoxy) is 1. The first-order valence-electron chi connectivity index (χ1n) is 10.5. The van der Waals surface area contributed by atoms with Crippen LogP contribution in [0.5, 0.6) is 5.75 Å². The molecule has 4 aromatic carbocycles. The zero-order valence-electron chi connectivity index (χ0n) is 18.1. The van der Waals surface area contributed by atoms with Gasteiger partial charge in [0.05, 0.1) is 4.90 Å². The van der Waals surface area contributed by atoms with Gasteiger partial charge in [-0.05, 0) is 35.4 Å². The number of benzene rings is 4. The maximum Gasteiger partial charge on any atom is 0.241 e. The normalized spacial score (nSPS) is 11.3. The third kappa shape index (κ3) is 5.58. The number of amides is 1. The molecule has 4 rings (SSSR count). The Kier molecular flexibility index (Phi) is 6.72. The van der Waals surface area contributed by atoms with Gasteiger partial charge in [0.2, 0.25) is 15.9 Å². The second kappa shape index (κ2) is 9.85. The van der Waals surface area contributed by atoms with Crippen LogP contribution in [0.25, 0.3) is 10.8 Å². The van der Waals surface area contributed by atoms with Crippen LogP contribution in [0.2, 0.25) is 0 Å². The van der Waals surface area contributed by atoms with Crippen molar-refractivity contribution < 1.29 is 17.9 Å². The molecule has 4 aromatic rings. The molecule has 0 aromatic heterocycles. The Morgan fingerprint density at radius 2 is 1.48 bits per heavy atom. The van der Waals surface area contributed by atoms with E-state index in [4.69, 9.17) is 4.74 Å². The summed E-state index contributed by atoms with van der Waals surface area (Å²) in [6, 6.07) is 27.4. The average molecular weight is 461 g/mol. The molecule has 0 heterocycles. The molecule has 168 valence electrons. The molecule has 0 saturated heterocycles. The molecule has 33 heavy (non-hydrogen) atoms. The molecule has 0 atom stereocenters. The highest BCUT2D eigenvalue weighted by atomic mass is 32.2. The van der Waals surface area contributed by atoms with Gasteiger partial charge in [-0.25, -0.2) is 13.1 Å². The molecular weight excluding hydrogens is 436 g/mol. The van der Waals surface area contributed by atoms with Crippen LogP contribution in [-0.4, -0.2) is 14.3 Å². The molecule has 7 heteroatoms. The fraction of sp³-hybridized carbons (Fsp3) is 0.115. The maximum atomic E-state index is 13.1. The van der Waals surface area contributed by atoms with Crippen LogP contribution in [0.1, 0.15) is 18.1 Å². The van der Waals surface area contributed by atoms with E-state index < -0.39 is 10.0 Å². The van der Waals surface area contributed by atoms with Crippen LogP contribution >= 0.6 is 0 Å². The van der Waals surface area contributed by atoms with Crippen molar-refractivity contribution in [1.29, 1.82) is 0 Å². The Morgan fingerprint density at radius 1 is 0.788 bits per heavy atom. The van der Waals surface area contributed by atoms with E-state index in [-0.39, 0.29) is 17.3 Å². The number of rotatable bonds is 8. The number of anilines is 1. The van der Waals surface area contributed by atoms with E-state index >= 15 is 0 Å². The van der Waals surface area contributed by atoms with Crippen molar-refractivity contribution in [3.05, 3.63) is 102 Å². The van der Waals surface area contributed by atoms with Crippen molar-refractivity contribution in [1.82, 2.24) is 4.72 Å². The standard InChI is InChI=1S/C26H24N2O4S/c1-19(29)28-25-11-5-10-24-23(25)9-6-12-26(24)33(30,31)27-17-20-13-15-22(16-14-20)32-18-21-7-3-2-4-8-21/h2-16,27H,17-18H2,1H3,(H,28,29). The van der Waals surface area contributed by atoms with Crippen LogP contribution in [-0.2, 0) is 28.0 Å². The van der Waals surface area contributed by atoms with Gasteiger partial charge in [-0.3, -0.25) is 4.79 Å². The summed E-state index contributed by atoms with van der Waals surface area (Å²) in [6.07, 6.45) is 0. The molecule has 1 amide bonds. The molecule has 6 nitrogen and oxygen atoms in total. The number of fused-ring (bicyclic) bond motifs is 1. The third-order valence-corrected chi connectivity index (χ3v) is 6.58. The highest BCUT2D eigenvalue weighted by Gasteiger charge is 2.18. The largest absolute Gasteiger partial charge is 0.489 e. The minimum absolute atomic E-state index is 0.142. The molecule has 0 aliphatic rings. The summed E-state index contributed by atoms with van der Waals surface area (Å²) in [5, 5.41) is 3.95. The highest BCUT2D eigenvalue weighted by Crippen LogP contribution is 2.29. The summed E-state index contributed by atoms with van der Waals surface area (Å²) in [5.74, 6) is 0.495. The van der Waals surface area contributed by atoms with E-state index in [2.05, 4.69) is 10.0 Å². The van der Waals surface area contributed by atoms with Crippen LogP contribution in [0, 0.1) is 0 Å². The van der Waals surface area contributed by atoms with E-state index in [0.717, 1.165) is 11.1 Å². The monoisotopic (exact) mass is 460 g/mol. The lowest BCUT2D eigenvalue weighted by atomic mass is 10.1. The number of carbonyl (C=O) groups is 1. The SMILES string of the molecule is CC(=O)Nc1cccc2c(S(=O)(=O)NCc3ccc(OCc4ccccc4)cc3)cccc12. The fourth-order valence-corrected chi connectivity index (χ4v) is 4.75. The number of nitrogens with one attached hydrogen (secondary N) is 2. The van der Waals surface area contributed by atoms with Crippen LogP contribution < -0.4 is 14.8 Å². The molecule has 0 aliphatic carbocycles. The summed E-state index contributed by atoms with van der Waals surface area (Å²) in [7, 11) is -3.78. The Labute approximate surface area is 193 Å². The molecule has 2 N–H and O–H groups in total. The Morgan fingerprint density at radius 3 is 2.21 bits per heavy atom. The van der Waals surface area contributed by atoms with Gasteiger partial charge in [0, 0.05) is 29.9 Å². The topological polar surface area (TPSA) is 84.5 Å². The first kappa shape index (κ1) is 22.5. The minimum Gasteiger partial charge on any atom is -0.489 e. The number of hydrogen-bond donors (Lipinski definition) is 2. The summed E-state index contributed by atoms with van der Waals surface area (Å²) in [5.41, 5.74) is 2.46. The van der Waals surface area contributed by atoms with Crippen molar-refractivity contribution in [2.75, 3.05) is 5.32 Å². The Hall–Kier alpha value is -3.68. The molecule has 0 fully saturated rings. The van der Waals surface area contributed by atoms with E-state index in [9.17, 15) is 13.2 Å². The lowest BCUT2D eigenvalue weighted by Crippen LogP contribution is -2.23. The predicted octanol–water partition coefficient (Wildman–Crippen LogP) is 4.86. The number of carbonyl (C=O) groups excluding carboxylic acids is 1. The van der Waals surface area contributed by atoms with Gasteiger partial charge in [0.25, 0.3) is 0 Å². The number of hydrogen-bond acceptors (Lipinski definition) is 4. The number of sulfonamides is 1. The van der Waals surface area contributed by atoms with Gasteiger partial charge in [-0.1, -0.05) is 66.7 Å². The van der Waals surface area contributed by atoms with Crippen LogP contribution in [0.15, 0.2) is 95.9 Å². The van der Waals surface area contributed by atoms with Crippen molar-refractivity contribution in [2.45, 2.75) is 25.0 Å². The predicted molar refractivity (Wildman–Crippen MR) is 129 cm³/mol. The van der Waals surface area contributed by atoms with Crippen molar-refractivity contribution in [2.24, 2.45) is 0 Å². The van der Waals surface area contributed by atoms with E-state index in [0.29, 0.717) is 28.8 Å². The molecule has 0 bridgehead atoms. The Balaban J connectivity index is 1.46. The lowest BCUT2D eigenvalue weighted by Gasteiger charge is -2.12. The zero-order chi connectivity index (χ0) is 23.3. The van der Waals surface area contributed by atoms with Crippen molar-refractivity contribution >= 4 is 32.4 Å². The van der Waals surface area contributed by atoms with E-state index in [1.165, 1.54) is 6.92 Å². The smallest absolute Gasteiger partial charge is 0.241 e. The van der Waals surface area contributed by atoms with Gasteiger partial charge in [0.1, 0.15) is 12.4 Å². The third-order valence-electron chi connectivity index (χ3n) is 5.12. The van der Waals surface area contributed by atoms with Gasteiger partial charge in [-0.2, -0.15) is 0 Å². The minimum atomic E-state index is -3.78. The lowest BCUT2D eigenvalue weighted by molar-refractivity contribution is -0.114. The maximum absolute atomic E-state index is 13.1. The van der Waals surface area contributed by atoms with Gasteiger partial charge < -0.3 is 10.1 Å². The molecule has 0 radical (unpaired) electrons. The van der Waals surface area contributed by atoms with Gasteiger partial charge in [-0.15, -0.1) is 0 Å². The molecule has 0 unspecified atom stereocenters. The summed E-state index contributed by atoms with van der Waals surface area (Å²) in [4.78, 5) is 11.6. The fourth-order valence-electron chi connectivity index (χ4n) is 3.51. The Bertz CT molecular complexity index is 1370. The van der Waals surface area contributed by atoms with Crippen molar-refractivity contribution in [3.63, 3.8) is 0 Å². The van der Waals surface area contributed by atoms with E-state index in [1.54, 1.807) is 36.4 Å². The van der Waals surface area contributed by atoms with Gasteiger partial charge >= 0.3 is 0 Å². The first-order valence-corrected chi connectivity index (χ1v) is 12.0. The molecule has 0 aliphatic heterocycles. The zero-order valence-corrected chi connectivity index (χ0v) is 18.9. The molecule has 0 spiro atoms. The average Bonchev–Trinajstić information content (AvgIpc) is 2.82. The second-order valence-electron chi connectivity index (χ2n) is 7.58. The summed E-state index contributed by atoms with van der Waals surface area (Å²) in [6.45, 7) is 2.02. The highest BCUT2D eigenvalue weighted by molar-refractivity contribution is 7.89. The quantitative estimate of drug-likeness (QED) is 0.393. The molecular formula is C26H24N2O4S. The summed E-state index contributed by atoms with van der Waals surface area (Å²) >= 11 is 0. The van der Waals surface area contributed by atoms with Gasteiger partial charge in [0.15, 0.2) is 0 Å². The molecule has 0 saturated carbocycles. The second-order valence-corrected chi connectivity index (χ2v) is 9.32. The van der Waals surface area contributed by atoms with Crippen LogP contribution in [0.3, 0.4) is 0 Å². The summed E-state index contributed by atoms with van der Waals surface area (Å²) < 4.78 is 34.6.